The predicted molar refractivity (Wildman–Crippen MR) is 78.6 cm³/mol. The number of rotatable bonds is 2. The molecule has 0 bridgehead atoms. The Kier molecular flexibility index (Phi) is 3.98. The number of H-pyrrole nitrogens is 1. The molecule has 21 heavy (non-hydrogen) atoms. The summed E-state index contributed by atoms with van der Waals surface area (Å²) in [5, 5.41) is 19.9. The van der Waals surface area contributed by atoms with Crippen LogP contribution in [0, 0.1) is 28.4 Å². The van der Waals surface area contributed by atoms with Gasteiger partial charge < -0.3 is 4.98 Å². The molecule has 0 saturated carbocycles. The zero-order valence-electron chi connectivity index (χ0n) is 10.6. The monoisotopic (exact) mass is 323 g/mol. The molecule has 106 valence electrons. The molecule has 0 fully saturated rings. The van der Waals surface area contributed by atoms with Gasteiger partial charge in [-0.05, 0) is 13.0 Å². The van der Waals surface area contributed by atoms with Gasteiger partial charge in [-0.15, -0.1) is 0 Å². The number of pyridine rings is 1. The van der Waals surface area contributed by atoms with Crippen molar-refractivity contribution in [1.82, 2.24) is 4.98 Å². The van der Waals surface area contributed by atoms with Crippen LogP contribution in [0.1, 0.15) is 11.3 Å². The van der Waals surface area contributed by atoms with Crippen molar-refractivity contribution in [3.63, 3.8) is 0 Å². The van der Waals surface area contributed by atoms with Crippen molar-refractivity contribution in [2.24, 2.45) is 0 Å². The number of hydrogen-bond acceptors (Lipinski definition) is 4. The van der Waals surface area contributed by atoms with Gasteiger partial charge in [0, 0.05) is 29.0 Å². The summed E-state index contributed by atoms with van der Waals surface area (Å²) in [7, 11) is 0. The number of hydrogen-bond donors (Lipinski definition) is 1. The van der Waals surface area contributed by atoms with Crippen molar-refractivity contribution in [3.05, 3.63) is 60.0 Å². The fraction of sp³-hybridized carbons (Fsp3) is 0.0769. The Labute approximate surface area is 128 Å². The first kappa shape index (κ1) is 15.0. The molecule has 6 nitrogen and oxygen atoms in total. The van der Waals surface area contributed by atoms with Crippen LogP contribution in [0.4, 0.5) is 5.69 Å². The molecule has 1 N–H and O–H groups in total. The lowest BCUT2D eigenvalue weighted by atomic mass is 10.0. The number of aromatic amines is 1. The van der Waals surface area contributed by atoms with Crippen LogP contribution in [0.5, 0.6) is 0 Å². The SMILES string of the molecule is Cc1cc(-c2c(Cl)cc([N+](=O)[O-])cc2Cl)c(C#N)c(=O)[nH]1. The third-order valence-corrected chi connectivity index (χ3v) is 3.38. The first-order chi connectivity index (χ1) is 9.85. The van der Waals surface area contributed by atoms with Crippen LogP contribution in [0.25, 0.3) is 11.1 Å². The van der Waals surface area contributed by atoms with Crippen molar-refractivity contribution in [2.45, 2.75) is 6.92 Å². The number of nitro groups is 1. The number of nitrogens with one attached hydrogen (secondary N) is 1. The summed E-state index contributed by atoms with van der Waals surface area (Å²) < 4.78 is 0. The molecule has 0 atom stereocenters. The van der Waals surface area contributed by atoms with E-state index < -0.39 is 10.5 Å². The van der Waals surface area contributed by atoms with Crippen LogP contribution in [0.15, 0.2) is 23.0 Å². The van der Waals surface area contributed by atoms with Crippen molar-refractivity contribution >= 4 is 28.9 Å². The van der Waals surface area contributed by atoms with E-state index in [-0.39, 0.29) is 32.4 Å². The maximum Gasteiger partial charge on any atom is 0.272 e. The van der Waals surface area contributed by atoms with E-state index in [1.807, 2.05) is 0 Å². The minimum atomic E-state index is -0.629. The number of nitriles is 1. The summed E-state index contributed by atoms with van der Waals surface area (Å²) >= 11 is 12.1. The van der Waals surface area contributed by atoms with Gasteiger partial charge in [-0.2, -0.15) is 5.26 Å². The molecule has 2 aromatic rings. The Balaban J connectivity index is 2.83. The molecular weight excluding hydrogens is 317 g/mol. The Hall–Kier alpha value is -2.36. The van der Waals surface area contributed by atoms with Gasteiger partial charge in [0.25, 0.3) is 11.2 Å². The van der Waals surface area contributed by atoms with Crippen LogP contribution in [-0.2, 0) is 0 Å². The van der Waals surface area contributed by atoms with E-state index in [2.05, 4.69) is 4.98 Å². The lowest BCUT2D eigenvalue weighted by Crippen LogP contribution is -2.13. The molecule has 0 aliphatic heterocycles. The highest BCUT2D eigenvalue weighted by molar-refractivity contribution is 6.39. The van der Waals surface area contributed by atoms with Gasteiger partial charge in [-0.25, -0.2) is 0 Å². The average molecular weight is 324 g/mol. The number of halogens is 2. The molecule has 1 heterocycles. The maximum atomic E-state index is 11.8. The third-order valence-electron chi connectivity index (χ3n) is 2.79. The van der Waals surface area contributed by atoms with Gasteiger partial charge in [0.05, 0.1) is 15.0 Å². The van der Waals surface area contributed by atoms with Crippen molar-refractivity contribution in [3.8, 4) is 17.2 Å². The van der Waals surface area contributed by atoms with E-state index >= 15 is 0 Å². The van der Waals surface area contributed by atoms with Crippen molar-refractivity contribution in [1.29, 1.82) is 5.26 Å². The second-order valence-corrected chi connectivity index (χ2v) is 5.04. The second-order valence-electron chi connectivity index (χ2n) is 4.22. The van der Waals surface area contributed by atoms with E-state index in [9.17, 15) is 14.9 Å². The summed E-state index contributed by atoms with van der Waals surface area (Å²) in [6.07, 6.45) is 0. The Morgan fingerprint density at radius 3 is 2.33 bits per heavy atom. The van der Waals surface area contributed by atoms with E-state index in [1.54, 1.807) is 19.1 Å². The van der Waals surface area contributed by atoms with E-state index in [0.29, 0.717) is 5.69 Å². The Morgan fingerprint density at radius 1 is 1.29 bits per heavy atom. The molecule has 0 saturated heterocycles. The zero-order chi connectivity index (χ0) is 15.7. The lowest BCUT2D eigenvalue weighted by Gasteiger charge is -2.09. The molecular formula is C13H7Cl2N3O3. The molecule has 0 amide bonds. The van der Waals surface area contributed by atoms with Gasteiger partial charge in [0.2, 0.25) is 0 Å². The van der Waals surface area contributed by atoms with Crippen LogP contribution >= 0.6 is 23.2 Å². The summed E-state index contributed by atoms with van der Waals surface area (Å²) in [6, 6.07) is 5.58. The summed E-state index contributed by atoms with van der Waals surface area (Å²) in [4.78, 5) is 24.4. The normalized spacial score (nSPS) is 10.2. The van der Waals surface area contributed by atoms with Gasteiger partial charge in [-0.3, -0.25) is 14.9 Å². The van der Waals surface area contributed by atoms with E-state index in [0.717, 1.165) is 12.1 Å². The number of nitrogens with zero attached hydrogens (tertiary/aromatic N) is 2. The highest BCUT2D eigenvalue weighted by Crippen LogP contribution is 2.38. The number of aryl methyl sites for hydroxylation is 1. The molecule has 2 rings (SSSR count). The molecule has 8 heteroatoms. The maximum absolute atomic E-state index is 11.8. The summed E-state index contributed by atoms with van der Waals surface area (Å²) in [6.45, 7) is 1.64. The minimum Gasteiger partial charge on any atom is -0.325 e. The van der Waals surface area contributed by atoms with Crippen LogP contribution in [-0.4, -0.2) is 9.91 Å². The quantitative estimate of drug-likeness (QED) is 0.675. The Morgan fingerprint density at radius 2 is 1.86 bits per heavy atom. The largest absolute Gasteiger partial charge is 0.325 e. The summed E-state index contributed by atoms with van der Waals surface area (Å²) in [5.41, 5.74) is -0.0251. The van der Waals surface area contributed by atoms with Gasteiger partial charge in [-0.1, -0.05) is 23.2 Å². The Bertz CT molecular complexity index is 830. The zero-order valence-corrected chi connectivity index (χ0v) is 12.1. The van der Waals surface area contributed by atoms with E-state index in [1.165, 1.54) is 0 Å². The first-order valence-electron chi connectivity index (χ1n) is 5.63. The molecule has 1 aromatic carbocycles. The molecule has 0 aliphatic rings. The topological polar surface area (TPSA) is 99.8 Å². The summed E-state index contributed by atoms with van der Waals surface area (Å²) in [5.74, 6) is 0. The number of non-ortho nitro benzene ring substituents is 1. The van der Waals surface area contributed by atoms with Gasteiger partial charge >= 0.3 is 0 Å². The molecule has 0 radical (unpaired) electrons. The number of benzene rings is 1. The van der Waals surface area contributed by atoms with Gasteiger partial charge in [0.1, 0.15) is 11.6 Å². The van der Waals surface area contributed by atoms with Crippen LogP contribution < -0.4 is 5.56 Å². The number of aromatic nitrogens is 1. The van der Waals surface area contributed by atoms with Gasteiger partial charge in [0.15, 0.2) is 0 Å². The molecule has 1 aromatic heterocycles. The average Bonchev–Trinajstić information content (AvgIpc) is 2.37. The lowest BCUT2D eigenvalue weighted by molar-refractivity contribution is -0.384. The highest BCUT2D eigenvalue weighted by Gasteiger charge is 2.20. The van der Waals surface area contributed by atoms with E-state index in [4.69, 9.17) is 28.5 Å². The minimum absolute atomic E-state index is 0.00398. The number of nitro benzene ring substituents is 1. The van der Waals surface area contributed by atoms with Crippen molar-refractivity contribution < 1.29 is 4.92 Å². The van der Waals surface area contributed by atoms with Crippen molar-refractivity contribution in [2.75, 3.05) is 0 Å². The smallest absolute Gasteiger partial charge is 0.272 e. The molecule has 0 unspecified atom stereocenters. The highest BCUT2D eigenvalue weighted by atomic mass is 35.5. The van der Waals surface area contributed by atoms with Crippen LogP contribution in [0.2, 0.25) is 10.0 Å². The predicted octanol–water partition coefficient (Wildman–Crippen LogP) is 3.44. The standard InChI is InChI=1S/C13H7Cl2N3O3/c1-6-2-8(9(5-16)13(19)17-6)12-10(14)3-7(18(20)21)4-11(12)15/h2-4H,1H3,(H,17,19). The van der Waals surface area contributed by atoms with Crippen LogP contribution in [0.3, 0.4) is 0 Å². The first-order valence-corrected chi connectivity index (χ1v) is 6.38. The second kappa shape index (κ2) is 5.56. The third kappa shape index (κ3) is 2.75. The fourth-order valence-corrected chi connectivity index (χ4v) is 2.60. The fourth-order valence-electron chi connectivity index (χ4n) is 1.92. The molecule has 0 spiro atoms. The molecule has 0 aliphatic carbocycles.